The molecule has 0 aliphatic heterocycles. The third kappa shape index (κ3) is 7.98. The summed E-state index contributed by atoms with van der Waals surface area (Å²) in [7, 11) is 0.0607. The van der Waals surface area contributed by atoms with Crippen molar-refractivity contribution in [2.75, 3.05) is 32.1 Å². The Labute approximate surface area is 263 Å². The van der Waals surface area contributed by atoms with Crippen LogP contribution in [-0.4, -0.2) is 59.0 Å². The van der Waals surface area contributed by atoms with E-state index in [1.807, 2.05) is 37.3 Å². The average Bonchev–Trinajstić information content (AvgIpc) is 3.05. The Morgan fingerprint density at radius 1 is 0.844 bits per heavy atom. The molecule has 2 amide bonds. The van der Waals surface area contributed by atoms with E-state index in [9.17, 15) is 22.4 Å². The predicted molar refractivity (Wildman–Crippen MR) is 170 cm³/mol. The molecule has 236 valence electrons. The van der Waals surface area contributed by atoms with Crippen LogP contribution in [0.4, 0.5) is 10.1 Å². The lowest BCUT2D eigenvalue weighted by molar-refractivity contribution is -0.139. The molecular weight excluding hydrogens is 597 g/mol. The molecule has 45 heavy (non-hydrogen) atoms. The highest BCUT2D eigenvalue weighted by Crippen LogP contribution is 2.34. The normalized spacial score (nSPS) is 11.8. The lowest BCUT2D eigenvalue weighted by Crippen LogP contribution is -2.53. The number of carbonyl (C=O) groups is 2. The molecular formula is C34H36FN3O6S. The van der Waals surface area contributed by atoms with E-state index in [1.54, 1.807) is 18.2 Å². The Kier molecular flexibility index (Phi) is 10.8. The fourth-order valence-corrected chi connectivity index (χ4v) is 6.26. The lowest BCUT2D eigenvalue weighted by atomic mass is 10.0. The summed E-state index contributed by atoms with van der Waals surface area (Å²) in [6.45, 7) is 1.12. The number of rotatable bonds is 13. The molecule has 0 radical (unpaired) electrons. The van der Waals surface area contributed by atoms with Crippen molar-refractivity contribution in [2.24, 2.45) is 0 Å². The first-order valence-electron chi connectivity index (χ1n) is 14.2. The van der Waals surface area contributed by atoms with E-state index in [2.05, 4.69) is 5.32 Å². The predicted octanol–water partition coefficient (Wildman–Crippen LogP) is 4.73. The minimum absolute atomic E-state index is 0.0205. The fraction of sp³-hybridized carbons (Fsp3) is 0.235. The number of likely N-dealkylation sites (N-methyl/N-ethyl adjacent to an activating group) is 1. The molecule has 4 aromatic rings. The van der Waals surface area contributed by atoms with Gasteiger partial charge in [0, 0.05) is 26.1 Å². The molecule has 9 nitrogen and oxygen atoms in total. The molecule has 0 aromatic heterocycles. The second-order valence-corrected chi connectivity index (χ2v) is 12.2. The van der Waals surface area contributed by atoms with Crippen molar-refractivity contribution in [3.63, 3.8) is 0 Å². The SMILES string of the molecule is CNC(=O)C(Cc1ccccc1)N(Cc1ccc(F)cc1)C(=O)CN(c1ccc(OC)c(OC)c1)S(=O)(=O)c1ccc(C)cc1. The number of methoxy groups -OCH3 is 2. The van der Waals surface area contributed by atoms with Crippen molar-refractivity contribution in [3.05, 3.63) is 120 Å². The number of halogens is 1. The molecule has 1 atom stereocenters. The summed E-state index contributed by atoms with van der Waals surface area (Å²) in [6.07, 6.45) is 0.161. The number of ether oxygens (including phenoxy) is 2. The first-order valence-corrected chi connectivity index (χ1v) is 15.6. The highest BCUT2D eigenvalue weighted by Gasteiger charge is 2.34. The van der Waals surface area contributed by atoms with Gasteiger partial charge in [-0.05, 0) is 54.4 Å². The largest absolute Gasteiger partial charge is 0.493 e. The molecule has 11 heteroatoms. The van der Waals surface area contributed by atoms with E-state index in [-0.39, 0.29) is 29.3 Å². The van der Waals surface area contributed by atoms with Gasteiger partial charge in [-0.1, -0.05) is 60.2 Å². The van der Waals surface area contributed by atoms with Crippen LogP contribution in [0.2, 0.25) is 0 Å². The van der Waals surface area contributed by atoms with E-state index in [1.165, 1.54) is 74.7 Å². The minimum atomic E-state index is -4.29. The van der Waals surface area contributed by atoms with Crippen LogP contribution in [0.25, 0.3) is 0 Å². The van der Waals surface area contributed by atoms with E-state index in [4.69, 9.17) is 9.47 Å². The molecule has 1 N–H and O–H groups in total. The van der Waals surface area contributed by atoms with Gasteiger partial charge in [0.1, 0.15) is 18.4 Å². The van der Waals surface area contributed by atoms with Gasteiger partial charge in [0.25, 0.3) is 10.0 Å². The summed E-state index contributed by atoms with van der Waals surface area (Å²) in [4.78, 5) is 29.0. The van der Waals surface area contributed by atoms with Crippen molar-refractivity contribution < 1.29 is 31.9 Å². The van der Waals surface area contributed by atoms with Crippen LogP contribution in [0.15, 0.2) is 102 Å². The smallest absolute Gasteiger partial charge is 0.264 e. The molecule has 0 bridgehead atoms. The van der Waals surface area contributed by atoms with Gasteiger partial charge in [0.05, 0.1) is 24.8 Å². The highest BCUT2D eigenvalue weighted by atomic mass is 32.2. The van der Waals surface area contributed by atoms with Crippen LogP contribution in [0.3, 0.4) is 0 Å². The lowest BCUT2D eigenvalue weighted by Gasteiger charge is -2.33. The Hall–Kier alpha value is -4.90. The number of carbonyl (C=O) groups excluding carboxylic acids is 2. The Balaban J connectivity index is 1.82. The third-order valence-electron chi connectivity index (χ3n) is 7.33. The molecule has 4 rings (SSSR count). The second kappa shape index (κ2) is 14.7. The maximum atomic E-state index is 14.4. The number of hydrogen-bond donors (Lipinski definition) is 1. The zero-order chi connectivity index (χ0) is 32.6. The number of amides is 2. The van der Waals surface area contributed by atoms with Crippen LogP contribution in [0.5, 0.6) is 11.5 Å². The molecule has 0 aliphatic rings. The van der Waals surface area contributed by atoms with Gasteiger partial charge in [-0.25, -0.2) is 12.8 Å². The summed E-state index contributed by atoms with van der Waals surface area (Å²) in [6, 6.07) is 24.6. The van der Waals surface area contributed by atoms with Gasteiger partial charge in [-0.15, -0.1) is 0 Å². The Morgan fingerprint density at radius 3 is 2.09 bits per heavy atom. The molecule has 1 unspecified atom stereocenters. The second-order valence-electron chi connectivity index (χ2n) is 10.3. The maximum absolute atomic E-state index is 14.4. The van der Waals surface area contributed by atoms with E-state index < -0.39 is 40.2 Å². The van der Waals surface area contributed by atoms with Crippen LogP contribution in [0, 0.1) is 12.7 Å². The van der Waals surface area contributed by atoms with Crippen molar-refractivity contribution in [3.8, 4) is 11.5 Å². The monoisotopic (exact) mass is 633 g/mol. The van der Waals surface area contributed by atoms with Gasteiger partial charge in [0.2, 0.25) is 11.8 Å². The van der Waals surface area contributed by atoms with Crippen molar-refractivity contribution in [1.82, 2.24) is 10.2 Å². The quantitative estimate of drug-likeness (QED) is 0.228. The van der Waals surface area contributed by atoms with E-state index in [0.717, 1.165) is 15.4 Å². The minimum Gasteiger partial charge on any atom is -0.493 e. The summed E-state index contributed by atoms with van der Waals surface area (Å²) < 4.78 is 53.9. The fourth-order valence-electron chi connectivity index (χ4n) is 4.85. The molecule has 0 saturated heterocycles. The number of benzene rings is 4. The first kappa shape index (κ1) is 33.0. The number of sulfonamides is 1. The van der Waals surface area contributed by atoms with Crippen LogP contribution in [0.1, 0.15) is 16.7 Å². The molecule has 4 aromatic carbocycles. The van der Waals surface area contributed by atoms with Gasteiger partial charge in [0.15, 0.2) is 11.5 Å². The number of aryl methyl sites for hydroxylation is 1. The summed E-state index contributed by atoms with van der Waals surface area (Å²) in [5.41, 5.74) is 2.38. The van der Waals surface area contributed by atoms with Gasteiger partial charge >= 0.3 is 0 Å². The summed E-state index contributed by atoms with van der Waals surface area (Å²) in [5.74, 6) is -0.891. The number of hydrogen-bond acceptors (Lipinski definition) is 6. The van der Waals surface area contributed by atoms with Gasteiger partial charge in [-0.3, -0.25) is 13.9 Å². The third-order valence-corrected chi connectivity index (χ3v) is 9.11. The Morgan fingerprint density at radius 2 is 1.49 bits per heavy atom. The zero-order valence-corrected chi connectivity index (χ0v) is 26.4. The maximum Gasteiger partial charge on any atom is 0.264 e. The van der Waals surface area contributed by atoms with Crippen LogP contribution < -0.4 is 19.1 Å². The zero-order valence-electron chi connectivity index (χ0n) is 25.6. The number of nitrogens with one attached hydrogen (secondary N) is 1. The Bertz CT molecular complexity index is 1720. The molecule has 0 spiro atoms. The number of anilines is 1. The summed E-state index contributed by atoms with van der Waals surface area (Å²) >= 11 is 0. The highest BCUT2D eigenvalue weighted by molar-refractivity contribution is 7.92. The van der Waals surface area contributed by atoms with Crippen molar-refractivity contribution >= 4 is 27.5 Å². The van der Waals surface area contributed by atoms with Gasteiger partial charge < -0.3 is 19.7 Å². The van der Waals surface area contributed by atoms with Crippen LogP contribution >= 0.6 is 0 Å². The first-order chi connectivity index (χ1) is 21.6. The molecule has 0 fully saturated rings. The molecule has 0 aliphatic carbocycles. The summed E-state index contributed by atoms with van der Waals surface area (Å²) in [5, 5.41) is 2.63. The van der Waals surface area contributed by atoms with Crippen LogP contribution in [-0.2, 0) is 32.6 Å². The average molecular weight is 634 g/mol. The van der Waals surface area contributed by atoms with Crippen molar-refractivity contribution in [1.29, 1.82) is 0 Å². The van der Waals surface area contributed by atoms with Gasteiger partial charge in [-0.2, -0.15) is 0 Å². The molecule has 0 heterocycles. The topological polar surface area (TPSA) is 105 Å². The van der Waals surface area contributed by atoms with E-state index >= 15 is 0 Å². The van der Waals surface area contributed by atoms with E-state index in [0.29, 0.717) is 11.3 Å². The number of nitrogens with zero attached hydrogens (tertiary/aromatic N) is 2. The molecule has 0 saturated carbocycles. The van der Waals surface area contributed by atoms with Crippen molar-refractivity contribution in [2.45, 2.75) is 30.8 Å². The standard InChI is InChI=1S/C34H36FN3O6S/c1-24-10-17-29(18-11-24)45(41,42)38(28-16-19-31(43-3)32(21-28)44-4)23-33(39)37(22-26-12-14-27(35)15-13-26)30(34(40)36-2)20-25-8-6-5-7-9-25/h5-19,21,30H,20,22-23H2,1-4H3,(H,36,40).